The maximum atomic E-state index is 13.2. The molecule has 0 aromatic heterocycles. The topological polar surface area (TPSA) is 72.2 Å². The second-order valence-corrected chi connectivity index (χ2v) is 7.49. The third kappa shape index (κ3) is 3.53. The summed E-state index contributed by atoms with van der Waals surface area (Å²) >= 11 is 6.39. The van der Waals surface area contributed by atoms with Crippen LogP contribution >= 0.6 is 31.9 Å². The molecule has 4 nitrogen and oxygen atoms in total. The molecule has 21 heavy (non-hydrogen) atoms. The highest BCUT2D eigenvalue weighted by Gasteiger charge is 2.19. The zero-order chi connectivity index (χ0) is 15.8. The first-order valence-corrected chi connectivity index (χ1v) is 8.50. The van der Waals surface area contributed by atoms with Crippen molar-refractivity contribution in [3.8, 4) is 0 Å². The number of halogens is 4. The Hall–Kier alpha value is -1.19. The minimum Gasteiger partial charge on any atom is -0.397 e. The summed E-state index contributed by atoms with van der Waals surface area (Å²) in [4.78, 5) is -0.407. The van der Waals surface area contributed by atoms with Gasteiger partial charge in [-0.3, -0.25) is 4.72 Å². The summed E-state index contributed by atoms with van der Waals surface area (Å²) in [6.07, 6.45) is 0. The predicted octanol–water partition coefficient (Wildman–Crippen LogP) is 3.87. The van der Waals surface area contributed by atoms with E-state index >= 15 is 0 Å². The lowest BCUT2D eigenvalue weighted by molar-refractivity contribution is 0.504. The normalized spacial score (nSPS) is 11.4. The molecule has 0 amide bonds. The van der Waals surface area contributed by atoms with Crippen molar-refractivity contribution in [2.45, 2.75) is 4.90 Å². The van der Waals surface area contributed by atoms with Gasteiger partial charge in [-0.05, 0) is 46.3 Å². The van der Waals surface area contributed by atoms with Gasteiger partial charge in [0, 0.05) is 8.95 Å². The quantitative estimate of drug-likeness (QED) is 0.710. The summed E-state index contributed by atoms with van der Waals surface area (Å²) in [6, 6.07) is 5.40. The molecular weight excluding hydrogens is 434 g/mol. The Labute approximate surface area is 136 Å². The molecule has 2 aromatic rings. The number of nitrogen functional groups attached to an aromatic ring is 1. The van der Waals surface area contributed by atoms with Gasteiger partial charge in [-0.2, -0.15) is 0 Å². The van der Waals surface area contributed by atoms with Gasteiger partial charge >= 0.3 is 0 Å². The highest BCUT2D eigenvalue weighted by atomic mass is 79.9. The largest absolute Gasteiger partial charge is 0.397 e. The molecule has 0 fully saturated rings. The van der Waals surface area contributed by atoms with Crippen LogP contribution < -0.4 is 10.5 Å². The highest BCUT2D eigenvalue weighted by molar-refractivity contribution is 9.11. The van der Waals surface area contributed by atoms with E-state index in [0.717, 1.165) is 12.1 Å². The Morgan fingerprint density at radius 1 is 1.05 bits per heavy atom. The fraction of sp³-hybridized carbons (Fsp3) is 0. The third-order valence-corrected chi connectivity index (χ3v) is 4.95. The zero-order valence-electron chi connectivity index (χ0n) is 10.2. The third-order valence-electron chi connectivity index (χ3n) is 2.52. The maximum Gasteiger partial charge on any atom is 0.262 e. The Morgan fingerprint density at radius 2 is 1.71 bits per heavy atom. The molecule has 0 saturated carbocycles. The van der Waals surface area contributed by atoms with Gasteiger partial charge in [0.15, 0.2) is 11.6 Å². The lowest BCUT2D eigenvalue weighted by atomic mass is 10.3. The molecule has 112 valence electrons. The van der Waals surface area contributed by atoms with Crippen LogP contribution in [0.4, 0.5) is 20.2 Å². The molecule has 0 aliphatic rings. The van der Waals surface area contributed by atoms with Crippen molar-refractivity contribution in [2.75, 3.05) is 10.5 Å². The van der Waals surface area contributed by atoms with Crippen molar-refractivity contribution in [1.29, 1.82) is 0 Å². The van der Waals surface area contributed by atoms with E-state index in [0.29, 0.717) is 15.0 Å². The number of hydrogen-bond acceptors (Lipinski definition) is 3. The number of rotatable bonds is 3. The fourth-order valence-corrected chi connectivity index (χ4v) is 4.15. The fourth-order valence-electron chi connectivity index (χ4n) is 1.54. The molecule has 9 heteroatoms. The standard InChI is InChI=1S/C12H8Br2F2N2O2S/c13-6-3-8(14)12(11(17)4-6)18-21(19,20)7-1-2-9(15)10(16)5-7/h1-5,18H,17H2. The smallest absolute Gasteiger partial charge is 0.262 e. The van der Waals surface area contributed by atoms with Gasteiger partial charge in [0.2, 0.25) is 0 Å². The first-order chi connectivity index (χ1) is 9.70. The van der Waals surface area contributed by atoms with Crippen LogP contribution in [0, 0.1) is 11.6 Å². The van der Waals surface area contributed by atoms with E-state index in [-0.39, 0.29) is 11.4 Å². The Balaban J connectivity index is 2.44. The Kier molecular flexibility index (Phi) is 4.54. The van der Waals surface area contributed by atoms with Gasteiger partial charge in [-0.1, -0.05) is 15.9 Å². The van der Waals surface area contributed by atoms with E-state index in [1.807, 2.05) is 0 Å². The van der Waals surface area contributed by atoms with E-state index in [9.17, 15) is 17.2 Å². The lowest BCUT2D eigenvalue weighted by Gasteiger charge is -2.13. The minimum atomic E-state index is -4.09. The molecule has 0 aliphatic carbocycles. The Morgan fingerprint density at radius 3 is 2.29 bits per heavy atom. The number of sulfonamides is 1. The predicted molar refractivity (Wildman–Crippen MR) is 83.4 cm³/mol. The average Bonchev–Trinajstić information content (AvgIpc) is 2.37. The molecule has 0 bridgehead atoms. The molecule has 0 aliphatic heterocycles. The molecule has 0 saturated heterocycles. The zero-order valence-corrected chi connectivity index (χ0v) is 14.2. The molecule has 3 N–H and O–H groups in total. The molecule has 2 aromatic carbocycles. The molecular formula is C12H8Br2F2N2O2S. The van der Waals surface area contributed by atoms with Crippen molar-refractivity contribution < 1.29 is 17.2 Å². The number of hydrogen-bond donors (Lipinski definition) is 2. The van der Waals surface area contributed by atoms with Gasteiger partial charge < -0.3 is 5.73 Å². The van der Waals surface area contributed by atoms with Crippen LogP contribution in [0.25, 0.3) is 0 Å². The van der Waals surface area contributed by atoms with Crippen molar-refractivity contribution in [2.24, 2.45) is 0 Å². The van der Waals surface area contributed by atoms with Crippen molar-refractivity contribution in [1.82, 2.24) is 0 Å². The van der Waals surface area contributed by atoms with Gasteiger partial charge in [0.1, 0.15) is 0 Å². The molecule has 0 atom stereocenters. The van der Waals surface area contributed by atoms with Gasteiger partial charge in [0.25, 0.3) is 10.0 Å². The van der Waals surface area contributed by atoms with Crippen LogP contribution in [0.5, 0.6) is 0 Å². The summed E-state index contributed by atoms with van der Waals surface area (Å²) in [5, 5.41) is 0. The van der Waals surface area contributed by atoms with Crippen molar-refractivity contribution in [3.05, 3.63) is 50.9 Å². The van der Waals surface area contributed by atoms with Crippen LogP contribution in [0.1, 0.15) is 0 Å². The molecule has 2 rings (SSSR count). The summed E-state index contributed by atoms with van der Waals surface area (Å²) in [5.74, 6) is -2.38. The van der Waals surface area contributed by atoms with E-state index in [2.05, 4.69) is 36.6 Å². The second kappa shape index (κ2) is 5.90. The van der Waals surface area contributed by atoms with Crippen molar-refractivity contribution in [3.63, 3.8) is 0 Å². The minimum absolute atomic E-state index is 0.114. The van der Waals surface area contributed by atoms with E-state index < -0.39 is 26.6 Å². The van der Waals surface area contributed by atoms with Crippen LogP contribution in [0.15, 0.2) is 44.2 Å². The van der Waals surface area contributed by atoms with Crippen LogP contribution in [-0.4, -0.2) is 8.42 Å². The molecule has 0 heterocycles. The lowest BCUT2D eigenvalue weighted by Crippen LogP contribution is -2.15. The molecule has 0 radical (unpaired) electrons. The van der Waals surface area contributed by atoms with Gasteiger partial charge in [0.05, 0.1) is 16.3 Å². The van der Waals surface area contributed by atoms with Crippen LogP contribution in [-0.2, 0) is 10.0 Å². The maximum absolute atomic E-state index is 13.2. The van der Waals surface area contributed by atoms with Crippen LogP contribution in [0.3, 0.4) is 0 Å². The first kappa shape index (κ1) is 16.2. The van der Waals surface area contributed by atoms with Gasteiger partial charge in [-0.15, -0.1) is 0 Å². The summed E-state index contributed by atoms with van der Waals surface area (Å²) < 4.78 is 53.6. The second-order valence-electron chi connectivity index (χ2n) is 4.03. The number of benzene rings is 2. The average molecular weight is 442 g/mol. The first-order valence-electron chi connectivity index (χ1n) is 5.43. The summed E-state index contributed by atoms with van der Waals surface area (Å²) in [7, 11) is -4.09. The van der Waals surface area contributed by atoms with E-state index in [1.54, 1.807) is 6.07 Å². The summed E-state index contributed by atoms with van der Waals surface area (Å²) in [5.41, 5.74) is 6.02. The number of anilines is 2. The van der Waals surface area contributed by atoms with Crippen LogP contribution in [0.2, 0.25) is 0 Å². The van der Waals surface area contributed by atoms with E-state index in [4.69, 9.17) is 5.73 Å². The van der Waals surface area contributed by atoms with E-state index in [1.165, 1.54) is 6.07 Å². The highest BCUT2D eigenvalue weighted by Crippen LogP contribution is 2.34. The molecule has 0 unspecified atom stereocenters. The Bertz CT molecular complexity index is 790. The SMILES string of the molecule is Nc1cc(Br)cc(Br)c1NS(=O)(=O)c1ccc(F)c(F)c1. The van der Waals surface area contributed by atoms with Crippen molar-refractivity contribution >= 4 is 53.3 Å². The summed E-state index contributed by atoms with van der Waals surface area (Å²) in [6.45, 7) is 0. The van der Waals surface area contributed by atoms with Gasteiger partial charge in [-0.25, -0.2) is 17.2 Å². The monoisotopic (exact) mass is 440 g/mol. The number of nitrogens with two attached hydrogens (primary N) is 1. The molecule has 0 spiro atoms. The number of nitrogens with one attached hydrogen (secondary N) is 1.